The van der Waals surface area contributed by atoms with Crippen molar-refractivity contribution in [2.75, 3.05) is 25.2 Å². The molecule has 0 aromatic rings. The van der Waals surface area contributed by atoms with Crippen LogP contribution >= 0.6 is 11.8 Å². The van der Waals surface area contributed by atoms with E-state index in [0.29, 0.717) is 12.5 Å². The molecule has 3 nitrogen and oxygen atoms in total. The van der Waals surface area contributed by atoms with Crippen LogP contribution in [0.1, 0.15) is 33.1 Å². The molecule has 0 spiro atoms. The number of esters is 1. The van der Waals surface area contributed by atoms with Gasteiger partial charge in [-0.15, -0.1) is 0 Å². The quantitative estimate of drug-likeness (QED) is 0.487. The fourth-order valence-corrected chi connectivity index (χ4v) is 2.74. The number of ether oxygens (including phenoxy) is 2. The van der Waals surface area contributed by atoms with Gasteiger partial charge in [-0.2, -0.15) is 11.8 Å². The molecule has 1 rings (SSSR count). The Hall–Kier alpha value is -0.220. The van der Waals surface area contributed by atoms with E-state index in [2.05, 4.69) is 0 Å². The van der Waals surface area contributed by atoms with Crippen LogP contribution in [0, 0.1) is 5.41 Å². The summed E-state index contributed by atoms with van der Waals surface area (Å²) in [6.45, 7) is 4.89. The summed E-state index contributed by atoms with van der Waals surface area (Å²) in [5.74, 6) is 2.00. The van der Waals surface area contributed by atoms with Crippen LogP contribution in [0.25, 0.3) is 0 Å². The minimum Gasteiger partial charge on any atom is -0.469 e. The maximum Gasteiger partial charge on any atom is 0.306 e. The number of hydrogen-bond acceptors (Lipinski definition) is 4. The van der Waals surface area contributed by atoms with Crippen LogP contribution in [0.4, 0.5) is 0 Å². The fraction of sp³-hybridized carbons (Fsp3) is 0.917. The van der Waals surface area contributed by atoms with E-state index in [-0.39, 0.29) is 11.4 Å². The summed E-state index contributed by atoms with van der Waals surface area (Å²) < 4.78 is 10.2. The highest BCUT2D eigenvalue weighted by Crippen LogP contribution is 2.51. The van der Waals surface area contributed by atoms with Gasteiger partial charge in [0.2, 0.25) is 0 Å². The standard InChI is InChI=1S/C12H22O3S/c1-10(2)15-6-7-16-9-12(4-5-12)8-11(13)14-3/h10H,4-9H2,1-3H3. The lowest BCUT2D eigenvalue weighted by Gasteiger charge is -2.13. The first-order chi connectivity index (χ1) is 7.58. The molecule has 4 heteroatoms. The summed E-state index contributed by atoms with van der Waals surface area (Å²) in [4.78, 5) is 11.2. The highest BCUT2D eigenvalue weighted by atomic mass is 32.2. The van der Waals surface area contributed by atoms with E-state index >= 15 is 0 Å². The van der Waals surface area contributed by atoms with Gasteiger partial charge in [-0.3, -0.25) is 4.79 Å². The van der Waals surface area contributed by atoms with Crippen molar-refractivity contribution in [3.63, 3.8) is 0 Å². The zero-order valence-electron chi connectivity index (χ0n) is 10.5. The Morgan fingerprint density at radius 3 is 2.62 bits per heavy atom. The van der Waals surface area contributed by atoms with Crippen LogP contribution in [-0.4, -0.2) is 37.3 Å². The normalized spacial score (nSPS) is 17.5. The number of carbonyl (C=O) groups excluding carboxylic acids is 1. The van der Waals surface area contributed by atoms with E-state index in [1.54, 1.807) is 0 Å². The van der Waals surface area contributed by atoms with Crippen LogP contribution in [-0.2, 0) is 14.3 Å². The second-order valence-corrected chi connectivity index (χ2v) is 5.83. The smallest absolute Gasteiger partial charge is 0.306 e. The third kappa shape index (κ3) is 5.21. The second kappa shape index (κ2) is 6.50. The van der Waals surface area contributed by atoms with E-state index in [1.165, 1.54) is 20.0 Å². The summed E-state index contributed by atoms with van der Waals surface area (Å²) in [6, 6.07) is 0. The molecule has 0 aliphatic heterocycles. The van der Waals surface area contributed by atoms with Gasteiger partial charge in [0, 0.05) is 5.75 Å². The maximum absolute atomic E-state index is 11.2. The Kier molecular flexibility index (Phi) is 5.62. The van der Waals surface area contributed by atoms with Crippen molar-refractivity contribution < 1.29 is 14.3 Å². The zero-order chi connectivity index (χ0) is 12.0. The Balaban J connectivity index is 2.06. The highest BCUT2D eigenvalue weighted by molar-refractivity contribution is 7.99. The number of carbonyl (C=O) groups is 1. The van der Waals surface area contributed by atoms with E-state index in [4.69, 9.17) is 9.47 Å². The molecule has 0 aromatic carbocycles. The van der Waals surface area contributed by atoms with E-state index in [9.17, 15) is 4.79 Å². The van der Waals surface area contributed by atoms with Crippen LogP contribution in [0.3, 0.4) is 0 Å². The molecular formula is C12H22O3S. The molecule has 0 N–H and O–H groups in total. The first-order valence-electron chi connectivity index (χ1n) is 5.84. The van der Waals surface area contributed by atoms with E-state index < -0.39 is 0 Å². The van der Waals surface area contributed by atoms with Crippen molar-refractivity contribution in [2.45, 2.75) is 39.2 Å². The molecular weight excluding hydrogens is 224 g/mol. The van der Waals surface area contributed by atoms with E-state index in [0.717, 1.165) is 18.1 Å². The Labute approximate surface area is 102 Å². The molecule has 1 fully saturated rings. The SMILES string of the molecule is COC(=O)CC1(CSCCOC(C)C)CC1. The van der Waals surface area contributed by atoms with Crippen LogP contribution in [0.2, 0.25) is 0 Å². The lowest BCUT2D eigenvalue weighted by Crippen LogP contribution is -2.14. The van der Waals surface area contributed by atoms with Crippen LogP contribution in [0.15, 0.2) is 0 Å². The maximum atomic E-state index is 11.2. The summed E-state index contributed by atoms with van der Waals surface area (Å²) >= 11 is 1.88. The Morgan fingerprint density at radius 2 is 2.12 bits per heavy atom. The zero-order valence-corrected chi connectivity index (χ0v) is 11.3. The summed E-state index contributed by atoms with van der Waals surface area (Å²) in [6.07, 6.45) is 3.23. The van der Waals surface area contributed by atoms with Gasteiger partial charge in [-0.25, -0.2) is 0 Å². The third-order valence-electron chi connectivity index (χ3n) is 2.79. The number of rotatable bonds is 8. The van der Waals surface area contributed by atoms with Gasteiger partial charge in [0.1, 0.15) is 0 Å². The molecule has 16 heavy (non-hydrogen) atoms. The monoisotopic (exact) mass is 246 g/mol. The van der Waals surface area contributed by atoms with Crippen LogP contribution in [0.5, 0.6) is 0 Å². The minimum absolute atomic E-state index is 0.0727. The van der Waals surface area contributed by atoms with Crippen LogP contribution < -0.4 is 0 Å². The van der Waals surface area contributed by atoms with Gasteiger partial charge in [-0.1, -0.05) is 0 Å². The molecule has 0 bridgehead atoms. The highest BCUT2D eigenvalue weighted by Gasteiger charge is 2.44. The number of hydrogen-bond donors (Lipinski definition) is 0. The van der Waals surface area contributed by atoms with E-state index in [1.807, 2.05) is 25.6 Å². The lowest BCUT2D eigenvalue weighted by molar-refractivity contribution is -0.141. The molecule has 94 valence electrons. The predicted molar refractivity (Wildman–Crippen MR) is 66.7 cm³/mol. The van der Waals surface area contributed by atoms with Gasteiger partial charge in [0.25, 0.3) is 0 Å². The Morgan fingerprint density at radius 1 is 1.44 bits per heavy atom. The van der Waals surface area contributed by atoms with Crippen molar-refractivity contribution in [1.29, 1.82) is 0 Å². The van der Waals surface area contributed by atoms with Gasteiger partial charge in [-0.05, 0) is 37.9 Å². The minimum atomic E-state index is -0.0727. The van der Waals surface area contributed by atoms with Gasteiger partial charge in [0.05, 0.1) is 26.2 Å². The van der Waals surface area contributed by atoms with Crippen molar-refractivity contribution in [1.82, 2.24) is 0 Å². The van der Waals surface area contributed by atoms with Crippen molar-refractivity contribution in [3.8, 4) is 0 Å². The molecule has 0 atom stereocenters. The third-order valence-corrected chi connectivity index (χ3v) is 4.06. The second-order valence-electron chi connectivity index (χ2n) is 4.73. The average molecular weight is 246 g/mol. The first-order valence-corrected chi connectivity index (χ1v) is 7.00. The largest absolute Gasteiger partial charge is 0.469 e. The molecule has 1 saturated carbocycles. The fourth-order valence-electron chi connectivity index (χ4n) is 1.56. The van der Waals surface area contributed by atoms with Gasteiger partial charge in [0.15, 0.2) is 0 Å². The summed E-state index contributed by atoms with van der Waals surface area (Å²) in [7, 11) is 1.46. The number of methoxy groups -OCH3 is 1. The molecule has 1 aliphatic rings. The molecule has 0 unspecified atom stereocenters. The molecule has 0 saturated heterocycles. The van der Waals surface area contributed by atoms with Crippen molar-refractivity contribution in [2.24, 2.45) is 5.41 Å². The first kappa shape index (κ1) is 13.8. The molecule has 0 aromatic heterocycles. The molecule has 0 amide bonds. The molecule has 1 aliphatic carbocycles. The number of thioether (sulfide) groups is 1. The van der Waals surface area contributed by atoms with Gasteiger partial charge >= 0.3 is 5.97 Å². The topological polar surface area (TPSA) is 35.5 Å². The average Bonchev–Trinajstić information content (AvgIpc) is 2.97. The van der Waals surface area contributed by atoms with Gasteiger partial charge < -0.3 is 9.47 Å². The Bertz CT molecular complexity index is 224. The molecule has 0 heterocycles. The predicted octanol–water partition coefficient (Wildman–Crippen LogP) is 2.49. The molecule has 0 radical (unpaired) electrons. The lowest BCUT2D eigenvalue weighted by atomic mass is 10.1. The van der Waals surface area contributed by atoms with Crippen molar-refractivity contribution in [3.05, 3.63) is 0 Å². The van der Waals surface area contributed by atoms with Crippen molar-refractivity contribution >= 4 is 17.7 Å². The summed E-state index contributed by atoms with van der Waals surface area (Å²) in [5, 5.41) is 0. The summed E-state index contributed by atoms with van der Waals surface area (Å²) in [5.41, 5.74) is 0.246.